The Kier molecular flexibility index (Phi) is 10.6. The van der Waals surface area contributed by atoms with E-state index in [2.05, 4.69) is 9.05 Å². The molecule has 146 valence electrons. The molecule has 0 aliphatic rings. The van der Waals surface area contributed by atoms with E-state index in [1.807, 2.05) is 0 Å². The molecule has 0 saturated carbocycles. The predicted octanol–water partition coefficient (Wildman–Crippen LogP) is -1.47. The monoisotopic (exact) mass is 416 g/mol. The maximum atomic E-state index is 11.7. The van der Waals surface area contributed by atoms with E-state index in [1.54, 1.807) is 0 Å². The van der Waals surface area contributed by atoms with Gasteiger partial charge in [-0.1, -0.05) is 0 Å². The van der Waals surface area contributed by atoms with Gasteiger partial charge in [-0.25, -0.2) is 0 Å². The lowest BCUT2D eigenvalue weighted by Gasteiger charge is -2.22. The molecule has 0 rings (SSSR count). The summed E-state index contributed by atoms with van der Waals surface area (Å²) in [5.74, 6) is -3.86. The number of aliphatic hydroxyl groups excluding tert-OH is 2. The highest BCUT2D eigenvalue weighted by Gasteiger charge is 2.36. The van der Waals surface area contributed by atoms with E-state index in [0.29, 0.717) is 0 Å². The van der Waals surface area contributed by atoms with Crippen LogP contribution in [0, 0.1) is 0 Å². The molecule has 0 aliphatic carbocycles. The Morgan fingerprint density at radius 3 is 1.29 bits per heavy atom. The van der Waals surface area contributed by atoms with E-state index in [0.717, 1.165) is 0 Å². The Bertz CT molecular complexity index is 448. The van der Waals surface area contributed by atoms with Crippen LogP contribution in [-0.2, 0) is 22.7 Å². The molecule has 4 unspecified atom stereocenters. The smallest absolute Gasteiger partial charge is 0.354 e. The molecule has 0 bridgehead atoms. The topological polar surface area (TPSA) is 243 Å². The van der Waals surface area contributed by atoms with Gasteiger partial charge in [0.2, 0.25) is 0 Å². The molecule has 0 amide bonds. The Morgan fingerprint density at radius 2 is 1.08 bits per heavy atom. The quantitative estimate of drug-likeness (QED) is 0.134. The van der Waals surface area contributed by atoms with Gasteiger partial charge in [-0.2, -0.15) is 0 Å². The van der Waals surface area contributed by atoms with E-state index in [9.17, 15) is 13.7 Å². The van der Waals surface area contributed by atoms with Gasteiger partial charge in [0, 0.05) is 0 Å². The average Bonchev–Trinajstić information content (AvgIpc) is 2.36. The van der Waals surface area contributed by atoms with Crippen LogP contribution >= 0.6 is 23.4 Å². The molecule has 0 aliphatic heterocycles. The van der Waals surface area contributed by atoms with Crippen molar-refractivity contribution in [2.45, 2.75) is 49.8 Å². The maximum absolute atomic E-state index is 11.7. The van der Waals surface area contributed by atoms with Gasteiger partial charge < -0.3 is 41.3 Å². The lowest BCUT2D eigenvalue weighted by molar-refractivity contribution is 0.117. The van der Waals surface area contributed by atoms with Gasteiger partial charge in [0.1, 0.15) is 12.5 Å². The van der Waals surface area contributed by atoms with Gasteiger partial charge >= 0.3 is 23.4 Å². The van der Waals surface area contributed by atoms with Crippen molar-refractivity contribution >= 4 is 23.4 Å². The van der Waals surface area contributed by atoms with Crippen molar-refractivity contribution in [3.8, 4) is 0 Å². The molecule has 10 N–H and O–H groups in total. The first kappa shape index (κ1) is 24.3. The third-order valence-corrected chi connectivity index (χ3v) is 6.21. The fraction of sp³-hybridized carbons (Fsp3) is 1.00. The largest absolute Gasteiger partial charge is 0.379 e. The van der Waals surface area contributed by atoms with Gasteiger partial charge in [-0.05, 0) is 25.7 Å². The van der Waals surface area contributed by atoms with Crippen LogP contribution < -0.4 is 11.5 Å². The normalized spacial score (nSPS) is 19.5. The average molecular weight is 416 g/mol. The summed E-state index contributed by atoms with van der Waals surface area (Å²) in [6.07, 6.45) is -4.29. The van der Waals surface area contributed by atoms with Crippen LogP contribution in [0.3, 0.4) is 0 Å². The first-order valence-electron chi connectivity index (χ1n) is 6.58. The maximum Gasteiger partial charge on any atom is 0.354 e. The molecule has 0 aromatic carbocycles. The summed E-state index contributed by atoms with van der Waals surface area (Å²) in [6, 6.07) is 0. The van der Waals surface area contributed by atoms with Crippen molar-refractivity contribution in [1.29, 1.82) is 0 Å². The molecular weight excluding hydrogens is 393 g/mol. The fourth-order valence-corrected chi connectivity index (χ4v) is 4.79. The van der Waals surface area contributed by atoms with Gasteiger partial charge in [0.05, 0.1) is 0 Å². The highest BCUT2D eigenvalue weighted by Crippen LogP contribution is 2.52. The van der Waals surface area contributed by atoms with Gasteiger partial charge in [-0.15, -0.1) is 0 Å². The van der Waals surface area contributed by atoms with Crippen molar-refractivity contribution in [3.05, 3.63) is 0 Å². The van der Waals surface area contributed by atoms with Crippen LogP contribution in [0.5, 0.6) is 0 Å². The SMILES string of the molecule is NC(O)CCC(O[PH](=O)OC(CCC(N)O)P(=O)(O)O)P(=O)(O)O. The highest BCUT2D eigenvalue weighted by atomic mass is 31.2. The standard InChI is InChI=1S/C8H23N2O11P3/c9-5(11)1-3-7(23(14,15)16)20-22(13)21-8(24(17,18)19)4-2-6(10)12/h5-8,11-12,22H,1-4,9-10H2,(H2,14,15,16)(H2,17,18,19). The van der Waals surface area contributed by atoms with Crippen LogP contribution in [0.1, 0.15) is 25.7 Å². The number of nitrogens with two attached hydrogens (primary N) is 2. The zero-order valence-corrected chi connectivity index (χ0v) is 15.2. The van der Waals surface area contributed by atoms with E-state index in [-0.39, 0.29) is 12.8 Å². The van der Waals surface area contributed by atoms with Gasteiger partial charge in [0.25, 0.3) is 0 Å². The Labute approximate surface area is 138 Å². The van der Waals surface area contributed by atoms with Crippen LogP contribution in [0.2, 0.25) is 0 Å². The summed E-state index contributed by atoms with van der Waals surface area (Å²) in [7, 11) is -13.5. The van der Waals surface area contributed by atoms with E-state index < -0.39 is 60.4 Å². The highest BCUT2D eigenvalue weighted by molar-refractivity contribution is 7.53. The van der Waals surface area contributed by atoms with E-state index in [1.165, 1.54) is 0 Å². The molecule has 0 heterocycles. The number of rotatable bonds is 12. The molecule has 4 atom stereocenters. The third kappa shape index (κ3) is 11.0. The van der Waals surface area contributed by atoms with Crippen molar-refractivity contribution in [1.82, 2.24) is 0 Å². The fourth-order valence-electron chi connectivity index (χ4n) is 1.47. The molecule has 0 radical (unpaired) electrons. The molecule has 0 aromatic heterocycles. The second kappa shape index (κ2) is 10.4. The summed E-state index contributed by atoms with van der Waals surface area (Å²) in [5, 5.41) is 17.8. The molecule has 0 saturated heterocycles. The summed E-state index contributed by atoms with van der Waals surface area (Å²) in [4.78, 5) is 36.4. The van der Waals surface area contributed by atoms with E-state index in [4.69, 9.17) is 41.3 Å². The first-order valence-corrected chi connectivity index (χ1v) is 11.2. The summed E-state index contributed by atoms with van der Waals surface area (Å²) >= 11 is 0. The molecule has 0 spiro atoms. The molecule has 0 aromatic rings. The summed E-state index contributed by atoms with van der Waals surface area (Å²) in [6.45, 7) is 0. The minimum absolute atomic E-state index is 0.286. The first-order chi connectivity index (χ1) is 10.7. The van der Waals surface area contributed by atoms with Crippen molar-refractivity contribution in [2.75, 3.05) is 0 Å². The van der Waals surface area contributed by atoms with Crippen LogP contribution in [0.25, 0.3) is 0 Å². The number of aliphatic hydroxyl groups is 2. The Morgan fingerprint density at radius 1 is 0.792 bits per heavy atom. The summed E-state index contributed by atoms with van der Waals surface area (Å²) < 4.78 is 43.3. The van der Waals surface area contributed by atoms with Crippen molar-refractivity contribution < 1.29 is 52.5 Å². The zero-order valence-electron chi connectivity index (χ0n) is 12.4. The minimum Gasteiger partial charge on any atom is -0.379 e. The molecule has 13 nitrogen and oxygen atoms in total. The number of hydrogen-bond acceptors (Lipinski definition) is 9. The molecule has 16 heteroatoms. The second-order valence-electron chi connectivity index (χ2n) is 4.86. The third-order valence-electron chi connectivity index (χ3n) is 2.63. The predicted molar refractivity (Wildman–Crippen MR) is 81.7 cm³/mol. The Hall–Kier alpha value is 0.290. The lowest BCUT2D eigenvalue weighted by atomic mass is 10.3. The number of hydrogen-bond donors (Lipinski definition) is 8. The molecule has 24 heavy (non-hydrogen) atoms. The van der Waals surface area contributed by atoms with Gasteiger partial charge in [-0.3, -0.25) is 22.7 Å². The molecular formula is C8H23N2O11P3. The summed E-state index contributed by atoms with van der Waals surface area (Å²) in [5.41, 5.74) is 10.1. The molecule has 0 fully saturated rings. The van der Waals surface area contributed by atoms with Crippen molar-refractivity contribution in [2.24, 2.45) is 11.5 Å². The lowest BCUT2D eigenvalue weighted by Crippen LogP contribution is -2.23. The zero-order chi connectivity index (χ0) is 19.1. The Balaban J connectivity index is 4.88. The van der Waals surface area contributed by atoms with Crippen molar-refractivity contribution in [3.63, 3.8) is 0 Å². The van der Waals surface area contributed by atoms with Gasteiger partial charge in [0.15, 0.2) is 11.7 Å². The second-order valence-corrected chi connectivity index (χ2v) is 9.34. The van der Waals surface area contributed by atoms with Crippen LogP contribution in [0.4, 0.5) is 0 Å². The minimum atomic E-state index is -4.90. The van der Waals surface area contributed by atoms with Crippen LogP contribution in [-0.4, -0.2) is 53.9 Å². The van der Waals surface area contributed by atoms with E-state index >= 15 is 0 Å². The van der Waals surface area contributed by atoms with Crippen LogP contribution in [0.15, 0.2) is 0 Å².